The number of ether oxygens (including phenoxy) is 2. The van der Waals surface area contributed by atoms with Gasteiger partial charge in [-0.1, -0.05) is 18.2 Å². The largest absolute Gasteiger partial charge is 0.480 e. The molecule has 1 fully saturated rings. The van der Waals surface area contributed by atoms with Crippen LogP contribution in [0.3, 0.4) is 0 Å². The zero-order chi connectivity index (χ0) is 17.0. The van der Waals surface area contributed by atoms with Crippen molar-refractivity contribution in [1.29, 1.82) is 0 Å². The van der Waals surface area contributed by atoms with Crippen LogP contribution in [0.1, 0.15) is 23.4 Å². The topological polar surface area (TPSA) is 98.0 Å². The third-order valence-corrected chi connectivity index (χ3v) is 3.88. The number of hydrogen-bond donors (Lipinski definition) is 2. The van der Waals surface area contributed by atoms with Gasteiger partial charge in [-0.05, 0) is 18.2 Å². The highest BCUT2D eigenvalue weighted by Gasteiger charge is 2.42. The number of aliphatic carboxylic acids is 1. The van der Waals surface area contributed by atoms with E-state index in [1.165, 1.54) is 12.1 Å². The van der Waals surface area contributed by atoms with Gasteiger partial charge in [-0.2, -0.15) is 0 Å². The van der Waals surface area contributed by atoms with Gasteiger partial charge < -0.3 is 24.3 Å². The third kappa shape index (κ3) is 3.41. The van der Waals surface area contributed by atoms with E-state index in [1.54, 1.807) is 12.1 Å². The lowest BCUT2D eigenvalue weighted by atomic mass is 9.90. The van der Waals surface area contributed by atoms with Crippen molar-refractivity contribution in [2.45, 2.75) is 18.4 Å². The summed E-state index contributed by atoms with van der Waals surface area (Å²) in [4.78, 5) is 23.9. The molecule has 1 aromatic carbocycles. The van der Waals surface area contributed by atoms with Gasteiger partial charge in [-0.15, -0.1) is 0 Å². The second-order valence-corrected chi connectivity index (χ2v) is 5.49. The number of amides is 1. The van der Waals surface area contributed by atoms with E-state index >= 15 is 0 Å². The predicted octanol–water partition coefficient (Wildman–Crippen LogP) is 2.44. The maximum Gasteiger partial charge on any atom is 0.329 e. The summed E-state index contributed by atoms with van der Waals surface area (Å²) in [6.45, 7) is 0.570. The zero-order valence-corrected chi connectivity index (χ0v) is 12.9. The first kappa shape index (κ1) is 16.1. The number of furan rings is 1. The first-order valence-electron chi connectivity index (χ1n) is 7.55. The Kier molecular flexibility index (Phi) is 4.52. The van der Waals surface area contributed by atoms with E-state index in [1.807, 2.05) is 18.2 Å². The standard InChI is InChI=1S/C17H17NO6/c19-15(18-17(16(20)21)8-10-22-11-9-17)13-6-7-14(24-13)23-12-4-2-1-3-5-12/h1-7H,8-11H2,(H,18,19)(H,20,21). The predicted molar refractivity (Wildman–Crippen MR) is 83.1 cm³/mol. The molecule has 1 amide bonds. The van der Waals surface area contributed by atoms with Gasteiger partial charge in [0.1, 0.15) is 11.3 Å². The second kappa shape index (κ2) is 6.76. The van der Waals surface area contributed by atoms with E-state index in [0.717, 1.165) is 0 Å². The fraction of sp³-hybridized carbons (Fsp3) is 0.294. The van der Waals surface area contributed by atoms with Crippen molar-refractivity contribution < 1.29 is 28.6 Å². The lowest BCUT2D eigenvalue weighted by Crippen LogP contribution is -2.57. The van der Waals surface area contributed by atoms with Crippen molar-refractivity contribution in [3.05, 3.63) is 48.2 Å². The van der Waals surface area contributed by atoms with Gasteiger partial charge in [0.05, 0.1) is 0 Å². The summed E-state index contributed by atoms with van der Waals surface area (Å²) in [5.41, 5.74) is -1.33. The van der Waals surface area contributed by atoms with Gasteiger partial charge in [0.15, 0.2) is 5.76 Å². The Morgan fingerprint density at radius 3 is 2.46 bits per heavy atom. The van der Waals surface area contributed by atoms with Gasteiger partial charge in [0, 0.05) is 32.1 Å². The number of para-hydroxylation sites is 1. The minimum Gasteiger partial charge on any atom is -0.480 e. The van der Waals surface area contributed by atoms with Crippen molar-refractivity contribution in [2.24, 2.45) is 0 Å². The number of carbonyl (C=O) groups is 2. The Bertz CT molecular complexity index is 718. The molecule has 2 heterocycles. The first-order valence-corrected chi connectivity index (χ1v) is 7.55. The van der Waals surface area contributed by atoms with E-state index in [9.17, 15) is 14.7 Å². The number of carboxylic acid groups (broad SMARTS) is 1. The highest BCUT2D eigenvalue weighted by molar-refractivity contribution is 5.96. The van der Waals surface area contributed by atoms with Gasteiger partial charge in [-0.3, -0.25) is 4.79 Å². The monoisotopic (exact) mass is 331 g/mol. The summed E-state index contributed by atoms with van der Waals surface area (Å²) in [6.07, 6.45) is 0.421. The third-order valence-electron chi connectivity index (χ3n) is 3.88. The molecular formula is C17H17NO6. The Morgan fingerprint density at radius 1 is 1.08 bits per heavy atom. The quantitative estimate of drug-likeness (QED) is 0.873. The summed E-state index contributed by atoms with van der Waals surface area (Å²) in [7, 11) is 0. The van der Waals surface area contributed by atoms with Gasteiger partial charge in [-0.25, -0.2) is 4.79 Å². The normalized spacial score (nSPS) is 16.3. The molecule has 2 N–H and O–H groups in total. The molecule has 3 rings (SSSR count). The van der Waals surface area contributed by atoms with Crippen LogP contribution in [0.25, 0.3) is 0 Å². The molecule has 0 unspecified atom stereocenters. The molecule has 0 atom stereocenters. The zero-order valence-electron chi connectivity index (χ0n) is 12.9. The van der Waals surface area contributed by atoms with Crippen molar-refractivity contribution in [2.75, 3.05) is 13.2 Å². The van der Waals surface area contributed by atoms with Gasteiger partial charge in [0.25, 0.3) is 11.9 Å². The molecule has 1 saturated heterocycles. The van der Waals surface area contributed by atoms with Crippen LogP contribution in [-0.2, 0) is 9.53 Å². The number of hydrogen-bond acceptors (Lipinski definition) is 5. The highest BCUT2D eigenvalue weighted by atomic mass is 16.6. The molecule has 126 valence electrons. The number of carboxylic acids is 1. The van der Waals surface area contributed by atoms with Crippen LogP contribution >= 0.6 is 0 Å². The molecule has 2 aromatic rings. The molecule has 0 aliphatic carbocycles. The SMILES string of the molecule is O=C(NC1(C(=O)O)CCOCC1)c1ccc(Oc2ccccc2)o1. The van der Waals surface area contributed by atoms with Crippen molar-refractivity contribution in [3.8, 4) is 11.7 Å². The average Bonchev–Trinajstić information content (AvgIpc) is 3.05. The molecule has 7 nitrogen and oxygen atoms in total. The van der Waals surface area contributed by atoms with E-state index in [2.05, 4.69) is 5.32 Å². The Hall–Kier alpha value is -2.80. The van der Waals surface area contributed by atoms with Crippen LogP contribution in [0.5, 0.6) is 11.7 Å². The number of carbonyl (C=O) groups excluding carboxylic acids is 1. The molecule has 1 aliphatic heterocycles. The molecular weight excluding hydrogens is 314 g/mol. The number of benzene rings is 1. The lowest BCUT2D eigenvalue weighted by molar-refractivity contribution is -0.148. The fourth-order valence-electron chi connectivity index (χ4n) is 2.49. The van der Waals surface area contributed by atoms with E-state index < -0.39 is 17.4 Å². The highest BCUT2D eigenvalue weighted by Crippen LogP contribution is 2.25. The van der Waals surface area contributed by atoms with Crippen LogP contribution in [0.4, 0.5) is 0 Å². The van der Waals surface area contributed by atoms with Gasteiger partial charge in [0.2, 0.25) is 0 Å². The molecule has 0 bridgehead atoms. The molecule has 1 aromatic heterocycles. The summed E-state index contributed by atoms with van der Waals surface area (Å²) in [5, 5.41) is 12.0. The van der Waals surface area contributed by atoms with Crippen LogP contribution < -0.4 is 10.1 Å². The maximum absolute atomic E-state index is 12.3. The van der Waals surface area contributed by atoms with Crippen molar-refractivity contribution in [3.63, 3.8) is 0 Å². The first-order chi connectivity index (χ1) is 11.6. The summed E-state index contributed by atoms with van der Waals surface area (Å²) in [5.74, 6) is -0.949. The lowest BCUT2D eigenvalue weighted by Gasteiger charge is -2.33. The van der Waals surface area contributed by atoms with Crippen molar-refractivity contribution >= 4 is 11.9 Å². The molecule has 0 radical (unpaired) electrons. The molecule has 0 spiro atoms. The van der Waals surface area contributed by atoms with E-state index in [-0.39, 0.29) is 37.8 Å². The second-order valence-electron chi connectivity index (χ2n) is 5.49. The molecule has 7 heteroatoms. The van der Waals surface area contributed by atoms with Crippen LogP contribution in [-0.4, -0.2) is 35.7 Å². The van der Waals surface area contributed by atoms with Crippen LogP contribution in [0.15, 0.2) is 46.9 Å². The van der Waals surface area contributed by atoms with E-state index in [4.69, 9.17) is 13.9 Å². The molecule has 1 aliphatic rings. The van der Waals surface area contributed by atoms with E-state index in [0.29, 0.717) is 5.75 Å². The average molecular weight is 331 g/mol. The van der Waals surface area contributed by atoms with Gasteiger partial charge >= 0.3 is 5.97 Å². The van der Waals surface area contributed by atoms with Crippen molar-refractivity contribution in [1.82, 2.24) is 5.32 Å². The number of nitrogens with one attached hydrogen (secondary N) is 1. The summed E-state index contributed by atoms with van der Waals surface area (Å²) < 4.78 is 16.0. The Morgan fingerprint density at radius 2 is 1.79 bits per heavy atom. The number of rotatable bonds is 5. The van der Waals surface area contributed by atoms with Crippen LogP contribution in [0.2, 0.25) is 0 Å². The minimum absolute atomic E-state index is 0.00644. The smallest absolute Gasteiger partial charge is 0.329 e. The summed E-state index contributed by atoms with van der Waals surface area (Å²) >= 11 is 0. The van der Waals surface area contributed by atoms with Crippen LogP contribution in [0, 0.1) is 0 Å². The molecule has 0 saturated carbocycles. The molecule has 24 heavy (non-hydrogen) atoms. The Balaban J connectivity index is 1.70. The summed E-state index contributed by atoms with van der Waals surface area (Å²) in [6, 6.07) is 11.9. The maximum atomic E-state index is 12.3. The Labute approximate surface area is 138 Å². The fourth-order valence-corrected chi connectivity index (χ4v) is 2.49. The minimum atomic E-state index is -1.33.